The summed E-state index contributed by atoms with van der Waals surface area (Å²) in [4.78, 5) is 3.78. The van der Waals surface area contributed by atoms with Crippen LogP contribution in [-0.2, 0) is 4.74 Å². The SMILES string of the molecule is CC(CC1COCCN1)Nc1cccc(F)n1. The molecule has 17 heavy (non-hydrogen) atoms. The second-order valence-corrected chi connectivity index (χ2v) is 4.35. The molecule has 4 nitrogen and oxygen atoms in total. The fraction of sp³-hybridized carbons (Fsp3) is 0.583. The van der Waals surface area contributed by atoms with E-state index in [1.165, 1.54) is 6.07 Å². The lowest BCUT2D eigenvalue weighted by atomic mass is 10.1. The molecule has 0 spiro atoms. The minimum Gasteiger partial charge on any atom is -0.379 e. The quantitative estimate of drug-likeness (QED) is 0.780. The molecule has 0 saturated carbocycles. The highest BCUT2D eigenvalue weighted by Gasteiger charge is 2.16. The zero-order chi connectivity index (χ0) is 12.1. The van der Waals surface area contributed by atoms with Crippen molar-refractivity contribution in [1.29, 1.82) is 0 Å². The van der Waals surface area contributed by atoms with Crippen molar-refractivity contribution >= 4 is 5.82 Å². The highest BCUT2D eigenvalue weighted by Crippen LogP contribution is 2.09. The Hall–Kier alpha value is -1.20. The fourth-order valence-electron chi connectivity index (χ4n) is 2.00. The third-order valence-corrected chi connectivity index (χ3v) is 2.75. The Kier molecular flexibility index (Phi) is 4.28. The van der Waals surface area contributed by atoms with Gasteiger partial charge < -0.3 is 15.4 Å². The maximum absolute atomic E-state index is 12.9. The van der Waals surface area contributed by atoms with Crippen LogP contribution in [0.2, 0.25) is 0 Å². The predicted octanol–water partition coefficient (Wildman–Crippen LogP) is 1.40. The van der Waals surface area contributed by atoms with Crippen LogP contribution in [0.25, 0.3) is 0 Å². The summed E-state index contributed by atoms with van der Waals surface area (Å²) in [5.74, 6) is 0.121. The van der Waals surface area contributed by atoms with E-state index in [2.05, 4.69) is 22.5 Å². The van der Waals surface area contributed by atoms with E-state index in [1.807, 2.05) is 0 Å². The summed E-state index contributed by atoms with van der Waals surface area (Å²) < 4.78 is 18.3. The summed E-state index contributed by atoms with van der Waals surface area (Å²) in [5, 5.41) is 6.57. The van der Waals surface area contributed by atoms with Gasteiger partial charge >= 0.3 is 0 Å². The van der Waals surface area contributed by atoms with Crippen molar-refractivity contribution in [2.75, 3.05) is 25.1 Å². The van der Waals surface area contributed by atoms with Crippen molar-refractivity contribution in [1.82, 2.24) is 10.3 Å². The van der Waals surface area contributed by atoms with Gasteiger partial charge in [-0.05, 0) is 25.5 Å². The number of rotatable bonds is 4. The first-order chi connectivity index (χ1) is 8.24. The molecule has 2 rings (SSSR count). The smallest absolute Gasteiger partial charge is 0.214 e. The third kappa shape index (κ3) is 3.94. The van der Waals surface area contributed by atoms with Crippen molar-refractivity contribution in [2.24, 2.45) is 0 Å². The molecule has 1 fully saturated rings. The molecular formula is C12H18FN3O. The molecule has 0 bridgehead atoms. The molecule has 2 atom stereocenters. The minimum absolute atomic E-state index is 0.225. The molecule has 0 aliphatic carbocycles. The van der Waals surface area contributed by atoms with Crippen molar-refractivity contribution < 1.29 is 9.13 Å². The number of halogens is 1. The number of aromatic nitrogens is 1. The summed E-state index contributed by atoms with van der Waals surface area (Å²) in [7, 11) is 0. The van der Waals surface area contributed by atoms with Gasteiger partial charge in [-0.25, -0.2) is 4.98 Å². The molecule has 2 unspecified atom stereocenters. The Bertz CT molecular complexity index is 355. The summed E-state index contributed by atoms with van der Waals surface area (Å²) in [6, 6.07) is 5.35. The van der Waals surface area contributed by atoms with Crippen LogP contribution in [0.15, 0.2) is 18.2 Å². The van der Waals surface area contributed by atoms with Gasteiger partial charge in [0.2, 0.25) is 5.95 Å². The second-order valence-electron chi connectivity index (χ2n) is 4.35. The van der Waals surface area contributed by atoms with Gasteiger partial charge in [-0.3, -0.25) is 0 Å². The lowest BCUT2D eigenvalue weighted by Crippen LogP contribution is -2.43. The average molecular weight is 239 g/mol. The number of hydrogen-bond acceptors (Lipinski definition) is 4. The van der Waals surface area contributed by atoms with E-state index >= 15 is 0 Å². The van der Waals surface area contributed by atoms with Gasteiger partial charge in [-0.15, -0.1) is 0 Å². The molecule has 0 aromatic carbocycles. The van der Waals surface area contributed by atoms with Crippen LogP contribution < -0.4 is 10.6 Å². The number of nitrogens with one attached hydrogen (secondary N) is 2. The standard InChI is InChI=1S/C12H18FN3O/c1-9(7-10-8-17-6-5-14-10)15-12-4-2-3-11(13)16-12/h2-4,9-10,14H,5-8H2,1H3,(H,15,16). The van der Waals surface area contributed by atoms with Crippen LogP contribution in [-0.4, -0.2) is 36.8 Å². The number of anilines is 1. The zero-order valence-electron chi connectivity index (χ0n) is 9.95. The normalized spacial score (nSPS) is 22.1. The molecule has 1 aliphatic rings. The maximum Gasteiger partial charge on any atom is 0.214 e. The number of nitrogens with zero attached hydrogens (tertiary/aromatic N) is 1. The molecular weight excluding hydrogens is 221 g/mol. The van der Waals surface area contributed by atoms with Gasteiger partial charge in [-0.2, -0.15) is 4.39 Å². The van der Waals surface area contributed by atoms with Gasteiger partial charge in [-0.1, -0.05) is 6.07 Å². The summed E-state index contributed by atoms with van der Waals surface area (Å²) >= 11 is 0. The van der Waals surface area contributed by atoms with Crippen LogP contribution in [0.3, 0.4) is 0 Å². The first-order valence-corrected chi connectivity index (χ1v) is 5.94. The summed E-state index contributed by atoms with van der Waals surface area (Å²) in [6.07, 6.45) is 0.929. The van der Waals surface area contributed by atoms with Crippen molar-refractivity contribution in [2.45, 2.75) is 25.4 Å². The largest absolute Gasteiger partial charge is 0.379 e. The van der Waals surface area contributed by atoms with Crippen molar-refractivity contribution in [3.8, 4) is 0 Å². The molecule has 5 heteroatoms. The van der Waals surface area contributed by atoms with Gasteiger partial charge in [0.1, 0.15) is 5.82 Å². The van der Waals surface area contributed by atoms with E-state index in [0.29, 0.717) is 11.9 Å². The molecule has 2 heterocycles. The number of pyridine rings is 1. The molecule has 94 valence electrons. The maximum atomic E-state index is 12.9. The van der Waals surface area contributed by atoms with E-state index < -0.39 is 5.95 Å². The lowest BCUT2D eigenvalue weighted by molar-refractivity contribution is 0.0731. The monoisotopic (exact) mass is 239 g/mol. The van der Waals surface area contributed by atoms with E-state index in [-0.39, 0.29) is 6.04 Å². The summed E-state index contributed by atoms with van der Waals surface area (Å²) in [5.41, 5.74) is 0. The molecule has 1 aromatic heterocycles. The minimum atomic E-state index is -0.457. The Labute approximate surface area is 101 Å². The number of morpholine rings is 1. The molecule has 2 N–H and O–H groups in total. The molecule has 1 aromatic rings. The molecule has 0 radical (unpaired) electrons. The molecule has 0 amide bonds. The van der Waals surface area contributed by atoms with Crippen LogP contribution in [0.5, 0.6) is 0 Å². The van der Waals surface area contributed by atoms with E-state index in [9.17, 15) is 4.39 Å². The van der Waals surface area contributed by atoms with Crippen LogP contribution in [0.4, 0.5) is 10.2 Å². The van der Waals surface area contributed by atoms with E-state index in [0.717, 1.165) is 26.2 Å². The predicted molar refractivity (Wildman–Crippen MR) is 64.5 cm³/mol. The van der Waals surface area contributed by atoms with Crippen LogP contribution in [0.1, 0.15) is 13.3 Å². The van der Waals surface area contributed by atoms with E-state index in [4.69, 9.17) is 4.74 Å². The average Bonchev–Trinajstić information content (AvgIpc) is 2.30. The number of hydrogen-bond donors (Lipinski definition) is 2. The third-order valence-electron chi connectivity index (χ3n) is 2.75. The molecule has 1 aliphatic heterocycles. The summed E-state index contributed by atoms with van der Waals surface area (Å²) in [6.45, 7) is 4.48. The lowest BCUT2D eigenvalue weighted by Gasteiger charge is -2.26. The zero-order valence-corrected chi connectivity index (χ0v) is 9.95. The van der Waals surface area contributed by atoms with Crippen LogP contribution in [0, 0.1) is 5.95 Å². The van der Waals surface area contributed by atoms with Crippen LogP contribution >= 0.6 is 0 Å². The highest BCUT2D eigenvalue weighted by molar-refractivity contribution is 5.34. The second kappa shape index (κ2) is 5.93. The Morgan fingerprint density at radius 1 is 1.65 bits per heavy atom. The van der Waals surface area contributed by atoms with Gasteiger partial charge in [0, 0.05) is 18.6 Å². The highest BCUT2D eigenvalue weighted by atomic mass is 19.1. The van der Waals surface area contributed by atoms with Crippen molar-refractivity contribution in [3.63, 3.8) is 0 Å². The Morgan fingerprint density at radius 2 is 2.53 bits per heavy atom. The van der Waals surface area contributed by atoms with Gasteiger partial charge in [0.15, 0.2) is 0 Å². The Balaban J connectivity index is 1.82. The molecule has 1 saturated heterocycles. The first-order valence-electron chi connectivity index (χ1n) is 5.94. The van der Waals surface area contributed by atoms with Gasteiger partial charge in [0.25, 0.3) is 0 Å². The van der Waals surface area contributed by atoms with Crippen molar-refractivity contribution in [3.05, 3.63) is 24.1 Å². The number of ether oxygens (including phenoxy) is 1. The first kappa shape index (κ1) is 12.3. The fourth-order valence-corrected chi connectivity index (χ4v) is 2.00. The topological polar surface area (TPSA) is 46.2 Å². The van der Waals surface area contributed by atoms with Gasteiger partial charge in [0.05, 0.1) is 13.2 Å². The Morgan fingerprint density at radius 3 is 3.24 bits per heavy atom. The van der Waals surface area contributed by atoms with E-state index in [1.54, 1.807) is 12.1 Å².